The Hall–Kier alpha value is -2.72. The van der Waals surface area contributed by atoms with Crippen molar-refractivity contribution in [3.8, 4) is 11.5 Å². The molecule has 158 valence electrons. The standard InChI is InChI=1S/C19H15ClF3N3O3S/c1-29-15-6-10(2-5-14(15)27)9-24-26-18-25-17(28)16(30-18)8-11-7-12(19(21,22)23)3-4-13(11)20/h2-7,9,16,27H,8H2,1H3,(H,25,26,28)/b24-9-/t16-/m0/s1. The number of phenolic OH excluding ortho intramolecular Hbond substituents is 1. The maximum atomic E-state index is 12.9. The number of thioether (sulfide) groups is 1. The average Bonchev–Trinajstić information content (AvgIpc) is 3.03. The molecule has 3 rings (SSSR count). The van der Waals surface area contributed by atoms with Crippen LogP contribution in [0.5, 0.6) is 11.5 Å². The van der Waals surface area contributed by atoms with Crippen molar-refractivity contribution >= 4 is 40.7 Å². The number of aromatic hydroxyl groups is 1. The smallest absolute Gasteiger partial charge is 0.416 e. The maximum absolute atomic E-state index is 12.9. The Bertz CT molecular complexity index is 1030. The minimum Gasteiger partial charge on any atom is -0.504 e. The van der Waals surface area contributed by atoms with E-state index >= 15 is 0 Å². The first-order valence-corrected chi connectivity index (χ1v) is 9.74. The van der Waals surface area contributed by atoms with Gasteiger partial charge in [-0.15, -0.1) is 5.10 Å². The van der Waals surface area contributed by atoms with Crippen molar-refractivity contribution in [3.05, 3.63) is 58.1 Å². The highest BCUT2D eigenvalue weighted by atomic mass is 35.5. The van der Waals surface area contributed by atoms with Crippen LogP contribution in [0.4, 0.5) is 13.2 Å². The molecule has 2 aromatic rings. The molecule has 0 aromatic heterocycles. The summed E-state index contributed by atoms with van der Waals surface area (Å²) in [6.45, 7) is 0. The van der Waals surface area contributed by atoms with Gasteiger partial charge in [0, 0.05) is 5.02 Å². The number of carbonyl (C=O) groups is 1. The largest absolute Gasteiger partial charge is 0.504 e. The fraction of sp³-hybridized carbons (Fsp3) is 0.211. The molecule has 0 aliphatic carbocycles. The summed E-state index contributed by atoms with van der Waals surface area (Å²) in [5.41, 5.74) is 0.00354. The highest BCUT2D eigenvalue weighted by molar-refractivity contribution is 8.15. The van der Waals surface area contributed by atoms with Crippen molar-refractivity contribution < 1.29 is 27.8 Å². The topological polar surface area (TPSA) is 83.3 Å². The van der Waals surface area contributed by atoms with Crippen molar-refractivity contribution in [1.29, 1.82) is 0 Å². The van der Waals surface area contributed by atoms with Crippen LogP contribution in [-0.4, -0.2) is 34.8 Å². The summed E-state index contributed by atoms with van der Waals surface area (Å²) < 4.78 is 43.7. The van der Waals surface area contributed by atoms with E-state index in [-0.39, 0.29) is 33.7 Å². The van der Waals surface area contributed by atoms with Gasteiger partial charge in [0.25, 0.3) is 0 Å². The number of nitrogens with one attached hydrogen (secondary N) is 1. The van der Waals surface area contributed by atoms with E-state index in [0.717, 1.165) is 23.9 Å². The number of benzene rings is 2. The van der Waals surface area contributed by atoms with E-state index in [1.807, 2.05) is 0 Å². The molecular weight excluding hydrogens is 443 g/mol. The Morgan fingerprint density at radius 1 is 1.30 bits per heavy atom. The first kappa shape index (κ1) is 22.0. The molecule has 0 spiro atoms. The molecule has 0 radical (unpaired) electrons. The number of phenols is 1. The fourth-order valence-electron chi connectivity index (χ4n) is 2.62. The second-order valence-corrected chi connectivity index (χ2v) is 7.78. The molecule has 1 saturated heterocycles. The Labute approximate surface area is 178 Å². The van der Waals surface area contributed by atoms with Crippen LogP contribution < -0.4 is 10.1 Å². The van der Waals surface area contributed by atoms with Crippen LogP contribution in [0.3, 0.4) is 0 Å². The molecule has 1 amide bonds. The molecule has 2 N–H and O–H groups in total. The number of methoxy groups -OCH3 is 1. The van der Waals surface area contributed by atoms with Crippen LogP contribution in [0.15, 0.2) is 46.6 Å². The number of halogens is 4. The summed E-state index contributed by atoms with van der Waals surface area (Å²) in [5.74, 6) is -0.141. The van der Waals surface area contributed by atoms with Gasteiger partial charge in [0.05, 0.1) is 24.1 Å². The lowest BCUT2D eigenvalue weighted by Gasteiger charge is -2.12. The molecule has 0 unspecified atom stereocenters. The van der Waals surface area contributed by atoms with E-state index in [0.29, 0.717) is 5.56 Å². The van der Waals surface area contributed by atoms with Gasteiger partial charge in [-0.05, 0) is 53.9 Å². The number of alkyl halides is 3. The Balaban J connectivity index is 1.69. The van der Waals surface area contributed by atoms with Crippen molar-refractivity contribution in [2.24, 2.45) is 10.2 Å². The van der Waals surface area contributed by atoms with Crippen molar-refractivity contribution in [2.45, 2.75) is 17.8 Å². The summed E-state index contributed by atoms with van der Waals surface area (Å²) in [4.78, 5) is 12.2. The Morgan fingerprint density at radius 3 is 2.77 bits per heavy atom. The second-order valence-electron chi connectivity index (χ2n) is 6.18. The monoisotopic (exact) mass is 457 g/mol. The third kappa shape index (κ3) is 5.25. The normalized spacial score (nSPS) is 18.2. The van der Waals surface area contributed by atoms with Gasteiger partial charge in [0.15, 0.2) is 16.7 Å². The summed E-state index contributed by atoms with van der Waals surface area (Å²) in [7, 11) is 1.41. The van der Waals surface area contributed by atoms with Crippen molar-refractivity contribution in [1.82, 2.24) is 5.32 Å². The number of ether oxygens (including phenoxy) is 1. The fourth-order valence-corrected chi connectivity index (χ4v) is 3.76. The van der Waals surface area contributed by atoms with Crippen LogP contribution in [0.25, 0.3) is 0 Å². The van der Waals surface area contributed by atoms with Gasteiger partial charge < -0.3 is 15.2 Å². The molecule has 1 heterocycles. The lowest BCUT2D eigenvalue weighted by molar-refractivity contribution is -0.137. The highest BCUT2D eigenvalue weighted by Crippen LogP contribution is 2.34. The third-order valence-electron chi connectivity index (χ3n) is 4.11. The maximum Gasteiger partial charge on any atom is 0.416 e. The van der Waals surface area contributed by atoms with Crippen molar-refractivity contribution in [3.63, 3.8) is 0 Å². The highest BCUT2D eigenvalue weighted by Gasteiger charge is 2.34. The van der Waals surface area contributed by atoms with E-state index < -0.39 is 22.9 Å². The Morgan fingerprint density at radius 2 is 2.07 bits per heavy atom. The predicted octanol–water partition coefficient (Wildman–Crippen LogP) is 4.24. The van der Waals surface area contributed by atoms with Gasteiger partial charge in [0.2, 0.25) is 5.91 Å². The predicted molar refractivity (Wildman–Crippen MR) is 109 cm³/mol. The number of carbonyl (C=O) groups excluding carboxylic acids is 1. The number of amides is 1. The molecule has 6 nitrogen and oxygen atoms in total. The van der Waals surface area contributed by atoms with E-state index in [1.54, 1.807) is 12.1 Å². The molecular formula is C19H15ClF3N3O3S. The number of nitrogens with zero attached hydrogens (tertiary/aromatic N) is 2. The van der Waals surface area contributed by atoms with Crippen LogP contribution in [0.2, 0.25) is 5.02 Å². The minimum absolute atomic E-state index is 0.0111. The molecule has 1 atom stereocenters. The van der Waals surface area contributed by atoms with Gasteiger partial charge in [-0.1, -0.05) is 23.4 Å². The zero-order valence-corrected chi connectivity index (χ0v) is 17.0. The first-order chi connectivity index (χ1) is 14.2. The van der Waals surface area contributed by atoms with Gasteiger partial charge in [-0.3, -0.25) is 4.79 Å². The molecule has 1 fully saturated rings. The van der Waals surface area contributed by atoms with Crippen LogP contribution in [0, 0.1) is 0 Å². The SMILES string of the molecule is COc1cc(/C=N\N=C2\NC(=O)[C@H](Cc3cc(C(F)(F)F)ccc3Cl)S2)ccc1O. The quantitative estimate of drug-likeness (QED) is 0.519. The molecule has 1 aliphatic heterocycles. The van der Waals surface area contributed by atoms with Crippen LogP contribution >= 0.6 is 23.4 Å². The number of rotatable bonds is 5. The zero-order chi connectivity index (χ0) is 21.9. The van der Waals surface area contributed by atoms with Crippen LogP contribution in [-0.2, 0) is 17.4 Å². The lowest BCUT2D eigenvalue weighted by atomic mass is 10.1. The number of hydrogen-bond acceptors (Lipinski definition) is 6. The molecule has 11 heteroatoms. The summed E-state index contributed by atoms with van der Waals surface area (Å²) in [6, 6.07) is 7.60. The molecule has 0 bridgehead atoms. The summed E-state index contributed by atoms with van der Waals surface area (Å²) in [6.07, 6.45) is -3.08. The average molecular weight is 458 g/mol. The van der Waals surface area contributed by atoms with Crippen LogP contribution in [0.1, 0.15) is 16.7 Å². The molecule has 1 aliphatic rings. The van der Waals surface area contributed by atoms with E-state index in [4.69, 9.17) is 16.3 Å². The Kier molecular flexibility index (Phi) is 6.57. The second kappa shape index (κ2) is 8.97. The van der Waals surface area contributed by atoms with Crippen molar-refractivity contribution in [2.75, 3.05) is 7.11 Å². The zero-order valence-electron chi connectivity index (χ0n) is 15.4. The molecule has 0 saturated carbocycles. The first-order valence-electron chi connectivity index (χ1n) is 8.48. The van der Waals surface area contributed by atoms with Gasteiger partial charge >= 0.3 is 6.18 Å². The van der Waals surface area contributed by atoms with Gasteiger partial charge in [-0.2, -0.15) is 18.3 Å². The third-order valence-corrected chi connectivity index (χ3v) is 5.55. The van der Waals surface area contributed by atoms with E-state index in [9.17, 15) is 23.1 Å². The summed E-state index contributed by atoms with van der Waals surface area (Å²) in [5, 5.41) is 19.6. The van der Waals surface area contributed by atoms with Gasteiger partial charge in [0.1, 0.15) is 0 Å². The summed E-state index contributed by atoms with van der Waals surface area (Å²) >= 11 is 7.06. The molecule has 30 heavy (non-hydrogen) atoms. The number of hydrogen-bond donors (Lipinski definition) is 2. The minimum atomic E-state index is -4.50. The van der Waals surface area contributed by atoms with E-state index in [1.165, 1.54) is 25.5 Å². The van der Waals surface area contributed by atoms with E-state index in [2.05, 4.69) is 15.5 Å². The molecule has 2 aromatic carbocycles. The van der Waals surface area contributed by atoms with Gasteiger partial charge in [-0.25, -0.2) is 0 Å². The number of amidine groups is 1. The lowest BCUT2D eigenvalue weighted by Crippen LogP contribution is -2.26.